The summed E-state index contributed by atoms with van der Waals surface area (Å²) >= 11 is 0. The maximum absolute atomic E-state index is 12.7. The monoisotopic (exact) mass is 408 g/mol. The summed E-state index contributed by atoms with van der Waals surface area (Å²) in [4.78, 5) is 38.1. The van der Waals surface area contributed by atoms with Crippen LogP contribution in [0.25, 0.3) is 0 Å². The van der Waals surface area contributed by atoms with Crippen LogP contribution in [0.5, 0.6) is 0 Å². The van der Waals surface area contributed by atoms with Crippen molar-refractivity contribution >= 4 is 28.9 Å². The van der Waals surface area contributed by atoms with Gasteiger partial charge in [-0.05, 0) is 49.9 Å². The standard InChI is InChI=1S/C22H24N4O4/c27-21(24-18-9-10-18)15-8-11-19(20(13-15)26(29)30)25-12-4-5-16(14-25)22(28)23-17-6-2-1-3-7-17/h1-3,6-8,11,13,16,18H,4-5,9-10,12,14H2,(H,23,28)(H,24,27). The molecule has 0 bridgehead atoms. The number of hydrogen-bond acceptors (Lipinski definition) is 5. The Balaban J connectivity index is 1.50. The number of anilines is 2. The highest BCUT2D eigenvalue weighted by atomic mass is 16.6. The van der Waals surface area contributed by atoms with E-state index < -0.39 is 4.92 Å². The summed E-state index contributed by atoms with van der Waals surface area (Å²) in [5.74, 6) is -0.642. The quantitative estimate of drug-likeness (QED) is 0.563. The molecule has 2 amide bonds. The van der Waals surface area contributed by atoms with E-state index in [4.69, 9.17) is 0 Å². The molecule has 0 spiro atoms. The van der Waals surface area contributed by atoms with Crippen LogP contribution in [0, 0.1) is 16.0 Å². The molecule has 30 heavy (non-hydrogen) atoms. The first kappa shape index (κ1) is 19.9. The Morgan fingerprint density at radius 1 is 1.07 bits per heavy atom. The van der Waals surface area contributed by atoms with Gasteiger partial charge in [-0.2, -0.15) is 0 Å². The summed E-state index contributed by atoms with van der Waals surface area (Å²) < 4.78 is 0. The summed E-state index contributed by atoms with van der Waals surface area (Å²) in [6, 6.07) is 14.0. The minimum atomic E-state index is -0.461. The largest absolute Gasteiger partial charge is 0.365 e. The van der Waals surface area contributed by atoms with E-state index in [1.54, 1.807) is 12.1 Å². The Hall–Kier alpha value is -3.42. The maximum atomic E-state index is 12.7. The summed E-state index contributed by atoms with van der Waals surface area (Å²) in [6.45, 7) is 1.02. The molecule has 1 unspecified atom stereocenters. The van der Waals surface area contributed by atoms with Crippen LogP contribution in [0.3, 0.4) is 0 Å². The van der Waals surface area contributed by atoms with Gasteiger partial charge in [-0.25, -0.2) is 0 Å². The van der Waals surface area contributed by atoms with Gasteiger partial charge in [-0.15, -0.1) is 0 Å². The second-order valence-corrected chi connectivity index (χ2v) is 7.85. The lowest BCUT2D eigenvalue weighted by atomic mass is 9.96. The molecule has 2 aliphatic rings. The number of benzene rings is 2. The van der Waals surface area contributed by atoms with Crippen molar-refractivity contribution in [1.82, 2.24) is 5.32 Å². The van der Waals surface area contributed by atoms with Gasteiger partial charge >= 0.3 is 0 Å². The molecule has 1 saturated heterocycles. The van der Waals surface area contributed by atoms with E-state index in [2.05, 4.69) is 10.6 Å². The molecule has 1 aliphatic carbocycles. The van der Waals surface area contributed by atoms with Crippen LogP contribution in [-0.2, 0) is 4.79 Å². The molecule has 2 aromatic rings. The van der Waals surface area contributed by atoms with Gasteiger partial charge in [0.25, 0.3) is 11.6 Å². The number of rotatable bonds is 6. The van der Waals surface area contributed by atoms with Crippen molar-refractivity contribution in [2.75, 3.05) is 23.3 Å². The number of nitro groups is 1. The van der Waals surface area contributed by atoms with Crippen molar-refractivity contribution in [3.8, 4) is 0 Å². The van der Waals surface area contributed by atoms with Crippen molar-refractivity contribution in [2.24, 2.45) is 5.92 Å². The highest BCUT2D eigenvalue weighted by Gasteiger charge is 2.30. The zero-order valence-electron chi connectivity index (χ0n) is 16.5. The van der Waals surface area contributed by atoms with E-state index >= 15 is 0 Å². The zero-order valence-corrected chi connectivity index (χ0v) is 16.5. The van der Waals surface area contributed by atoms with Crippen molar-refractivity contribution in [2.45, 2.75) is 31.7 Å². The van der Waals surface area contributed by atoms with Gasteiger partial charge in [0.2, 0.25) is 5.91 Å². The molecule has 1 aliphatic heterocycles. The predicted molar refractivity (Wildman–Crippen MR) is 114 cm³/mol. The van der Waals surface area contributed by atoms with Crippen molar-refractivity contribution in [3.05, 3.63) is 64.2 Å². The number of carbonyl (C=O) groups excluding carboxylic acids is 2. The molecule has 0 aromatic heterocycles. The van der Waals surface area contributed by atoms with Crippen LogP contribution < -0.4 is 15.5 Å². The minimum Gasteiger partial charge on any atom is -0.365 e. The summed E-state index contributed by atoms with van der Waals surface area (Å²) in [6.07, 6.45) is 3.39. The topological polar surface area (TPSA) is 105 Å². The SMILES string of the molecule is O=C(NC1CC1)c1ccc(N2CCCC(C(=O)Nc3ccccc3)C2)c([N+](=O)[O-])c1. The van der Waals surface area contributed by atoms with Crippen molar-refractivity contribution < 1.29 is 14.5 Å². The first-order valence-corrected chi connectivity index (χ1v) is 10.2. The normalized spacial score (nSPS) is 18.5. The maximum Gasteiger partial charge on any atom is 0.293 e. The Bertz CT molecular complexity index is 959. The molecule has 0 radical (unpaired) electrons. The van der Waals surface area contributed by atoms with Crippen LogP contribution >= 0.6 is 0 Å². The lowest BCUT2D eigenvalue weighted by molar-refractivity contribution is -0.384. The second-order valence-electron chi connectivity index (χ2n) is 7.85. The van der Waals surface area contributed by atoms with Crippen molar-refractivity contribution in [1.29, 1.82) is 0 Å². The number of nitrogens with one attached hydrogen (secondary N) is 2. The van der Waals surface area contributed by atoms with Gasteiger partial charge in [0.05, 0.1) is 10.8 Å². The zero-order chi connectivity index (χ0) is 21.1. The van der Waals surface area contributed by atoms with Crippen LogP contribution in [0.15, 0.2) is 48.5 Å². The molecule has 8 nitrogen and oxygen atoms in total. The number of piperidine rings is 1. The molecule has 1 heterocycles. The minimum absolute atomic E-state index is 0.0889. The van der Waals surface area contributed by atoms with E-state index in [1.165, 1.54) is 6.07 Å². The van der Waals surface area contributed by atoms with E-state index in [0.29, 0.717) is 18.8 Å². The van der Waals surface area contributed by atoms with Crippen LogP contribution in [0.2, 0.25) is 0 Å². The van der Waals surface area contributed by atoms with E-state index in [1.807, 2.05) is 35.2 Å². The Morgan fingerprint density at radius 3 is 2.53 bits per heavy atom. The van der Waals surface area contributed by atoms with E-state index in [9.17, 15) is 19.7 Å². The number of hydrogen-bond donors (Lipinski definition) is 2. The molecule has 2 N–H and O–H groups in total. The number of nitrogens with zero attached hydrogens (tertiary/aromatic N) is 2. The third-order valence-electron chi connectivity index (χ3n) is 5.52. The number of nitro benzene ring substituents is 1. The third-order valence-corrected chi connectivity index (χ3v) is 5.52. The van der Waals surface area contributed by atoms with Crippen LogP contribution in [0.4, 0.5) is 17.1 Å². The predicted octanol–water partition coefficient (Wildman–Crippen LogP) is 3.34. The summed E-state index contributed by atoms with van der Waals surface area (Å²) in [7, 11) is 0. The number of carbonyl (C=O) groups is 2. The van der Waals surface area contributed by atoms with Gasteiger partial charge in [-0.1, -0.05) is 18.2 Å². The average molecular weight is 408 g/mol. The molecule has 1 atom stereocenters. The fraction of sp³-hybridized carbons (Fsp3) is 0.364. The number of amides is 2. The summed E-state index contributed by atoms with van der Waals surface area (Å²) in [5, 5.41) is 17.5. The first-order valence-electron chi connectivity index (χ1n) is 10.2. The van der Waals surface area contributed by atoms with Gasteiger partial charge in [0, 0.05) is 36.4 Å². The third kappa shape index (κ3) is 4.59. The molecular formula is C22H24N4O4. The Kier molecular flexibility index (Phi) is 5.65. The highest BCUT2D eigenvalue weighted by Crippen LogP contribution is 2.33. The smallest absolute Gasteiger partial charge is 0.293 e. The molecule has 1 saturated carbocycles. The molecule has 2 fully saturated rings. The lowest BCUT2D eigenvalue weighted by Gasteiger charge is -2.33. The molecular weight excluding hydrogens is 384 g/mol. The Morgan fingerprint density at radius 2 is 1.83 bits per heavy atom. The molecule has 4 rings (SSSR count). The van der Waals surface area contributed by atoms with Gasteiger partial charge in [0.15, 0.2) is 0 Å². The van der Waals surface area contributed by atoms with Crippen LogP contribution in [-0.4, -0.2) is 35.9 Å². The fourth-order valence-electron chi connectivity index (χ4n) is 3.75. The van der Waals surface area contributed by atoms with Crippen LogP contribution in [0.1, 0.15) is 36.0 Å². The molecule has 8 heteroatoms. The second kappa shape index (κ2) is 8.52. The van der Waals surface area contributed by atoms with Gasteiger partial charge < -0.3 is 15.5 Å². The van der Waals surface area contributed by atoms with Crippen molar-refractivity contribution in [3.63, 3.8) is 0 Å². The van der Waals surface area contributed by atoms with Gasteiger partial charge in [-0.3, -0.25) is 19.7 Å². The number of para-hydroxylation sites is 1. The highest BCUT2D eigenvalue weighted by molar-refractivity contribution is 5.96. The van der Waals surface area contributed by atoms with E-state index in [-0.39, 0.29) is 35.0 Å². The lowest BCUT2D eigenvalue weighted by Crippen LogP contribution is -2.41. The van der Waals surface area contributed by atoms with E-state index in [0.717, 1.165) is 31.4 Å². The fourth-order valence-corrected chi connectivity index (χ4v) is 3.75. The molecule has 2 aromatic carbocycles. The van der Waals surface area contributed by atoms with Gasteiger partial charge in [0.1, 0.15) is 5.69 Å². The molecule has 156 valence electrons. The average Bonchev–Trinajstić information content (AvgIpc) is 3.58. The summed E-state index contributed by atoms with van der Waals surface area (Å²) in [5.41, 5.74) is 1.35. The Labute approximate surface area is 174 Å². The first-order chi connectivity index (χ1) is 14.5.